The Labute approximate surface area is 81.8 Å². The third-order valence-corrected chi connectivity index (χ3v) is 2.24. The van der Waals surface area contributed by atoms with Gasteiger partial charge in [0.15, 0.2) is 4.77 Å². The average molecular weight is 199 g/mol. The van der Waals surface area contributed by atoms with Gasteiger partial charge < -0.3 is 15.3 Å². The standard InChI is InChI=1S/C8H13N3OS/c1-3-6(7(9)12)11-4-5(2)10-8(11)13/h4,6H,3H2,1-2H3,(H2,9,12)(H,10,13). The van der Waals surface area contributed by atoms with Gasteiger partial charge in [-0.25, -0.2) is 0 Å². The predicted octanol–water partition coefficient (Wildman–Crippen LogP) is 1.29. The summed E-state index contributed by atoms with van der Waals surface area (Å²) in [7, 11) is 0. The van der Waals surface area contributed by atoms with Crippen molar-refractivity contribution >= 4 is 18.1 Å². The minimum Gasteiger partial charge on any atom is -0.368 e. The quantitative estimate of drug-likeness (QED) is 0.720. The van der Waals surface area contributed by atoms with Crippen molar-refractivity contribution in [1.29, 1.82) is 0 Å². The Hall–Kier alpha value is -1.10. The van der Waals surface area contributed by atoms with E-state index in [0.29, 0.717) is 11.2 Å². The molecule has 72 valence electrons. The number of primary amides is 1. The molecule has 0 fully saturated rings. The fraction of sp³-hybridized carbons (Fsp3) is 0.500. The summed E-state index contributed by atoms with van der Waals surface area (Å²) in [6, 6.07) is -0.336. The molecule has 0 spiro atoms. The van der Waals surface area contributed by atoms with Crippen LogP contribution in [0.2, 0.25) is 0 Å². The number of carbonyl (C=O) groups excluding carboxylic acids is 1. The lowest BCUT2D eigenvalue weighted by molar-refractivity contribution is -0.121. The molecule has 3 N–H and O–H groups in total. The van der Waals surface area contributed by atoms with Gasteiger partial charge in [-0.3, -0.25) is 4.79 Å². The molecule has 0 aliphatic rings. The SMILES string of the molecule is CCC(C(N)=O)n1cc(C)[nH]c1=S. The van der Waals surface area contributed by atoms with E-state index in [1.54, 1.807) is 10.8 Å². The molecule has 0 bridgehead atoms. The number of aromatic amines is 1. The molecule has 0 saturated carbocycles. The zero-order valence-electron chi connectivity index (χ0n) is 7.70. The molecule has 1 amide bonds. The van der Waals surface area contributed by atoms with Gasteiger partial charge >= 0.3 is 0 Å². The maximum absolute atomic E-state index is 11.0. The van der Waals surface area contributed by atoms with Gasteiger partial charge in [-0.1, -0.05) is 6.92 Å². The molecule has 1 aromatic heterocycles. The zero-order chi connectivity index (χ0) is 10.0. The summed E-state index contributed by atoms with van der Waals surface area (Å²) in [6.45, 7) is 3.79. The van der Waals surface area contributed by atoms with Crippen LogP contribution in [0.5, 0.6) is 0 Å². The van der Waals surface area contributed by atoms with E-state index in [2.05, 4.69) is 4.98 Å². The second kappa shape index (κ2) is 3.74. The zero-order valence-corrected chi connectivity index (χ0v) is 8.52. The highest BCUT2D eigenvalue weighted by Crippen LogP contribution is 2.12. The number of amides is 1. The molecule has 0 aliphatic carbocycles. The number of nitrogens with one attached hydrogen (secondary N) is 1. The molecule has 1 aromatic rings. The molecule has 13 heavy (non-hydrogen) atoms. The van der Waals surface area contributed by atoms with Gasteiger partial charge in [-0.05, 0) is 25.6 Å². The molecule has 4 nitrogen and oxygen atoms in total. The lowest BCUT2D eigenvalue weighted by atomic mass is 10.2. The number of hydrogen-bond donors (Lipinski definition) is 2. The Morgan fingerprint density at radius 2 is 2.46 bits per heavy atom. The van der Waals surface area contributed by atoms with E-state index in [9.17, 15) is 4.79 Å². The first-order valence-electron chi connectivity index (χ1n) is 4.13. The smallest absolute Gasteiger partial charge is 0.240 e. The molecule has 1 atom stereocenters. The van der Waals surface area contributed by atoms with Crippen molar-refractivity contribution in [3.63, 3.8) is 0 Å². The molecule has 0 radical (unpaired) electrons. The maximum Gasteiger partial charge on any atom is 0.240 e. The van der Waals surface area contributed by atoms with Crippen LogP contribution in [0.4, 0.5) is 0 Å². The highest BCUT2D eigenvalue weighted by Gasteiger charge is 2.15. The van der Waals surface area contributed by atoms with Crippen molar-refractivity contribution < 1.29 is 4.79 Å². The Kier molecular flexibility index (Phi) is 2.87. The second-order valence-corrected chi connectivity index (χ2v) is 3.36. The summed E-state index contributed by atoms with van der Waals surface area (Å²) in [5, 5.41) is 0. The molecular weight excluding hydrogens is 186 g/mol. The topological polar surface area (TPSA) is 63.8 Å². The summed E-state index contributed by atoms with van der Waals surface area (Å²) in [6.07, 6.45) is 2.46. The average Bonchev–Trinajstić information content (AvgIpc) is 2.31. The number of aromatic nitrogens is 2. The largest absolute Gasteiger partial charge is 0.368 e. The first-order chi connectivity index (χ1) is 6.06. The van der Waals surface area contributed by atoms with Crippen LogP contribution in [0.1, 0.15) is 25.1 Å². The number of H-pyrrole nitrogens is 1. The lowest BCUT2D eigenvalue weighted by Crippen LogP contribution is -2.25. The third-order valence-electron chi connectivity index (χ3n) is 1.92. The van der Waals surface area contributed by atoms with Crippen molar-refractivity contribution in [2.45, 2.75) is 26.3 Å². The minimum absolute atomic E-state index is 0.336. The van der Waals surface area contributed by atoms with E-state index >= 15 is 0 Å². The number of nitrogens with two attached hydrogens (primary N) is 1. The van der Waals surface area contributed by atoms with Crippen LogP contribution < -0.4 is 5.73 Å². The highest BCUT2D eigenvalue weighted by atomic mass is 32.1. The maximum atomic E-state index is 11.0. The fourth-order valence-electron chi connectivity index (χ4n) is 1.30. The van der Waals surface area contributed by atoms with Gasteiger partial charge in [0.05, 0.1) is 0 Å². The van der Waals surface area contributed by atoms with E-state index in [0.717, 1.165) is 5.69 Å². The van der Waals surface area contributed by atoms with Crippen molar-refractivity contribution in [1.82, 2.24) is 9.55 Å². The predicted molar refractivity (Wildman–Crippen MR) is 52.9 cm³/mol. The number of nitrogens with zero attached hydrogens (tertiary/aromatic N) is 1. The van der Waals surface area contributed by atoms with Crippen LogP contribution in [-0.4, -0.2) is 15.5 Å². The first kappa shape index (κ1) is 9.98. The van der Waals surface area contributed by atoms with Gasteiger partial charge in [0.2, 0.25) is 5.91 Å². The van der Waals surface area contributed by atoms with Gasteiger partial charge in [-0.2, -0.15) is 0 Å². The van der Waals surface area contributed by atoms with Gasteiger partial charge in [-0.15, -0.1) is 0 Å². The Balaban J connectivity index is 3.11. The second-order valence-electron chi connectivity index (χ2n) is 2.98. The van der Waals surface area contributed by atoms with Crippen LogP contribution in [-0.2, 0) is 4.79 Å². The summed E-state index contributed by atoms with van der Waals surface area (Å²) in [5.41, 5.74) is 6.17. The summed E-state index contributed by atoms with van der Waals surface area (Å²) < 4.78 is 2.25. The van der Waals surface area contributed by atoms with Crippen LogP contribution in [0.15, 0.2) is 6.20 Å². The van der Waals surface area contributed by atoms with Crippen LogP contribution >= 0.6 is 12.2 Å². The highest BCUT2D eigenvalue weighted by molar-refractivity contribution is 7.71. The van der Waals surface area contributed by atoms with Gasteiger partial charge in [0.25, 0.3) is 0 Å². The van der Waals surface area contributed by atoms with Crippen molar-refractivity contribution in [2.24, 2.45) is 5.73 Å². The van der Waals surface area contributed by atoms with Gasteiger partial charge in [0.1, 0.15) is 6.04 Å². The molecule has 5 heteroatoms. The Morgan fingerprint density at radius 3 is 2.77 bits per heavy atom. The molecule has 0 saturated heterocycles. The Morgan fingerprint density at radius 1 is 1.85 bits per heavy atom. The molecule has 0 aliphatic heterocycles. The van der Waals surface area contributed by atoms with Crippen LogP contribution in [0.25, 0.3) is 0 Å². The number of imidazole rings is 1. The van der Waals surface area contributed by atoms with Crippen molar-refractivity contribution in [3.05, 3.63) is 16.7 Å². The molecule has 1 unspecified atom stereocenters. The minimum atomic E-state index is -0.349. The Bertz CT molecular complexity index is 366. The molecule has 1 rings (SSSR count). The normalized spacial score (nSPS) is 12.8. The monoisotopic (exact) mass is 199 g/mol. The summed E-state index contributed by atoms with van der Waals surface area (Å²) >= 11 is 5.03. The molecule has 1 heterocycles. The molecule has 0 aromatic carbocycles. The number of carbonyl (C=O) groups is 1. The van der Waals surface area contributed by atoms with E-state index < -0.39 is 0 Å². The van der Waals surface area contributed by atoms with E-state index in [4.69, 9.17) is 18.0 Å². The van der Waals surface area contributed by atoms with Crippen molar-refractivity contribution in [3.8, 4) is 0 Å². The fourth-order valence-corrected chi connectivity index (χ4v) is 1.64. The van der Waals surface area contributed by atoms with E-state index in [-0.39, 0.29) is 11.9 Å². The summed E-state index contributed by atoms with van der Waals surface area (Å²) in [5.74, 6) is -0.349. The van der Waals surface area contributed by atoms with Gasteiger partial charge in [0, 0.05) is 11.9 Å². The van der Waals surface area contributed by atoms with Crippen LogP contribution in [0.3, 0.4) is 0 Å². The number of rotatable bonds is 3. The first-order valence-corrected chi connectivity index (χ1v) is 4.54. The van der Waals surface area contributed by atoms with E-state index in [1.807, 2.05) is 13.8 Å². The van der Waals surface area contributed by atoms with Crippen molar-refractivity contribution in [2.75, 3.05) is 0 Å². The third kappa shape index (κ3) is 1.98. The number of hydrogen-bond acceptors (Lipinski definition) is 2. The lowest BCUT2D eigenvalue weighted by Gasteiger charge is -2.11. The van der Waals surface area contributed by atoms with E-state index in [1.165, 1.54) is 0 Å². The summed E-state index contributed by atoms with van der Waals surface area (Å²) in [4.78, 5) is 14.0. The number of aryl methyl sites for hydroxylation is 1. The molecular formula is C8H13N3OS. The van der Waals surface area contributed by atoms with Crippen LogP contribution in [0, 0.1) is 11.7 Å².